The first-order chi connectivity index (χ1) is 10.9. The molecule has 0 aliphatic heterocycles. The van der Waals surface area contributed by atoms with Gasteiger partial charge in [0.05, 0.1) is 58.0 Å². The number of aliphatic hydroxyl groups excluding tert-OH is 3. The van der Waals surface area contributed by atoms with Gasteiger partial charge in [-0.2, -0.15) is 0 Å². The van der Waals surface area contributed by atoms with E-state index >= 15 is 0 Å². The molecule has 0 radical (unpaired) electrons. The highest BCUT2D eigenvalue weighted by molar-refractivity contribution is 4.74. The number of hydrogen-bond donors (Lipinski definition) is 3. The average molecular weight is 336 g/mol. The molecule has 0 aromatic heterocycles. The first kappa shape index (κ1) is 22.8. The Morgan fingerprint density at radius 3 is 1.13 bits per heavy atom. The van der Waals surface area contributed by atoms with Gasteiger partial charge in [-0.25, -0.2) is 0 Å². The molecule has 6 heteroatoms. The van der Waals surface area contributed by atoms with Gasteiger partial charge in [-0.15, -0.1) is 0 Å². The monoisotopic (exact) mass is 336 g/mol. The molecular weight excluding hydrogens is 300 g/mol. The molecule has 0 fully saturated rings. The highest BCUT2D eigenvalue weighted by Crippen LogP contribution is 2.19. The summed E-state index contributed by atoms with van der Waals surface area (Å²) in [5.74, 6) is 0. The maximum Gasteiger partial charge on any atom is 0.0771 e. The Morgan fingerprint density at radius 2 is 0.913 bits per heavy atom. The molecule has 0 rings (SSSR count). The molecule has 0 amide bonds. The summed E-state index contributed by atoms with van der Waals surface area (Å²) in [5.41, 5.74) is -0.394. The van der Waals surface area contributed by atoms with Crippen molar-refractivity contribution < 1.29 is 29.5 Å². The lowest BCUT2D eigenvalue weighted by Gasteiger charge is -2.30. The van der Waals surface area contributed by atoms with E-state index in [1.807, 2.05) is 27.7 Å². The Kier molecular flexibility index (Phi) is 13.0. The van der Waals surface area contributed by atoms with E-state index in [0.717, 1.165) is 0 Å². The molecule has 140 valence electrons. The maximum atomic E-state index is 9.56. The van der Waals surface area contributed by atoms with Gasteiger partial charge in [-0.05, 0) is 19.3 Å². The lowest BCUT2D eigenvalue weighted by atomic mass is 9.94. The summed E-state index contributed by atoms with van der Waals surface area (Å²) in [5, 5.41) is 28.7. The van der Waals surface area contributed by atoms with Gasteiger partial charge in [0.15, 0.2) is 0 Å². The predicted octanol–water partition coefficient (Wildman–Crippen LogP) is 1.36. The Balaban J connectivity index is 4.32. The van der Waals surface area contributed by atoms with E-state index in [1.165, 1.54) is 0 Å². The summed E-state index contributed by atoms with van der Waals surface area (Å²) in [6, 6.07) is 0. The Morgan fingerprint density at radius 1 is 0.652 bits per heavy atom. The van der Waals surface area contributed by atoms with Gasteiger partial charge in [0.1, 0.15) is 0 Å². The van der Waals surface area contributed by atoms with Gasteiger partial charge in [0, 0.05) is 5.41 Å². The van der Waals surface area contributed by atoms with E-state index < -0.39 is 23.7 Å². The second-order valence-electron chi connectivity index (χ2n) is 6.54. The van der Waals surface area contributed by atoms with Crippen molar-refractivity contribution in [1.82, 2.24) is 0 Å². The van der Waals surface area contributed by atoms with E-state index in [1.54, 1.807) is 0 Å². The normalized spacial score (nSPS) is 18.4. The van der Waals surface area contributed by atoms with E-state index in [9.17, 15) is 15.3 Å². The molecule has 0 bridgehead atoms. The summed E-state index contributed by atoms with van der Waals surface area (Å²) in [4.78, 5) is 0. The molecule has 6 nitrogen and oxygen atoms in total. The lowest BCUT2D eigenvalue weighted by Crippen LogP contribution is -2.37. The van der Waals surface area contributed by atoms with Gasteiger partial charge in [0.25, 0.3) is 0 Å². The zero-order valence-electron chi connectivity index (χ0n) is 15.2. The Hall–Kier alpha value is -0.240. The molecule has 0 heterocycles. The quantitative estimate of drug-likeness (QED) is 0.418. The van der Waals surface area contributed by atoms with Crippen LogP contribution in [0.5, 0.6) is 0 Å². The molecule has 0 saturated heterocycles. The molecule has 23 heavy (non-hydrogen) atoms. The van der Waals surface area contributed by atoms with Gasteiger partial charge >= 0.3 is 0 Å². The van der Waals surface area contributed by atoms with Crippen molar-refractivity contribution in [3.8, 4) is 0 Å². The van der Waals surface area contributed by atoms with Crippen LogP contribution in [0.3, 0.4) is 0 Å². The molecule has 3 atom stereocenters. The van der Waals surface area contributed by atoms with Crippen LogP contribution >= 0.6 is 0 Å². The average Bonchev–Trinajstić information content (AvgIpc) is 2.54. The summed E-state index contributed by atoms with van der Waals surface area (Å²) < 4.78 is 16.8. The zero-order valence-corrected chi connectivity index (χ0v) is 15.2. The lowest BCUT2D eigenvalue weighted by molar-refractivity contribution is -0.0914. The molecule has 0 saturated carbocycles. The minimum atomic E-state index is -0.468. The van der Waals surface area contributed by atoms with Crippen LogP contribution in [0.25, 0.3) is 0 Å². The Bertz CT molecular complexity index is 233. The zero-order chi connectivity index (χ0) is 17.7. The topological polar surface area (TPSA) is 88.4 Å². The van der Waals surface area contributed by atoms with Crippen molar-refractivity contribution in [3.05, 3.63) is 0 Å². The first-order valence-electron chi connectivity index (χ1n) is 8.64. The van der Waals surface area contributed by atoms with E-state index in [4.69, 9.17) is 14.2 Å². The van der Waals surface area contributed by atoms with Gasteiger partial charge in [-0.1, -0.05) is 27.7 Å². The van der Waals surface area contributed by atoms with Crippen LogP contribution in [-0.4, -0.2) is 73.3 Å². The van der Waals surface area contributed by atoms with Crippen molar-refractivity contribution in [2.45, 2.75) is 65.3 Å². The largest absolute Gasteiger partial charge is 0.391 e. The highest BCUT2D eigenvalue weighted by atomic mass is 16.5. The summed E-state index contributed by atoms with van der Waals surface area (Å²) in [6.07, 6.45) is 0.541. The van der Waals surface area contributed by atoms with Crippen LogP contribution < -0.4 is 0 Å². The van der Waals surface area contributed by atoms with Crippen molar-refractivity contribution in [2.75, 3.05) is 39.6 Å². The molecule has 0 spiro atoms. The minimum Gasteiger partial charge on any atom is -0.391 e. The predicted molar refractivity (Wildman–Crippen MR) is 89.5 cm³/mol. The van der Waals surface area contributed by atoms with E-state index in [-0.39, 0.29) is 19.8 Å². The fourth-order valence-electron chi connectivity index (χ4n) is 1.80. The van der Waals surface area contributed by atoms with Gasteiger partial charge in [-0.3, -0.25) is 0 Å². The van der Waals surface area contributed by atoms with Crippen LogP contribution in [0.2, 0.25) is 0 Å². The number of hydrogen-bond acceptors (Lipinski definition) is 6. The molecule has 0 aromatic rings. The third-order valence-corrected chi connectivity index (χ3v) is 3.70. The van der Waals surface area contributed by atoms with Gasteiger partial charge in [0.2, 0.25) is 0 Å². The fourth-order valence-corrected chi connectivity index (χ4v) is 1.80. The standard InChI is InChI=1S/C17H36O6/c1-5-14(18)8-21-11-17(4,12-22-9-15(19)6-2)13-23-10-16(20)7-3/h14-16,18-20H,5-13H2,1-4H3. The summed E-state index contributed by atoms with van der Waals surface area (Å²) >= 11 is 0. The number of ether oxygens (including phenoxy) is 3. The molecule has 0 aliphatic rings. The van der Waals surface area contributed by atoms with Crippen LogP contribution in [0.4, 0.5) is 0 Å². The third kappa shape index (κ3) is 11.9. The second kappa shape index (κ2) is 13.1. The minimum absolute atomic E-state index is 0.279. The van der Waals surface area contributed by atoms with Crippen molar-refractivity contribution in [2.24, 2.45) is 5.41 Å². The SMILES string of the molecule is CCC(O)COCC(C)(COCC(O)CC)COCC(O)CC. The number of aliphatic hydroxyl groups is 3. The third-order valence-electron chi connectivity index (χ3n) is 3.70. The van der Waals surface area contributed by atoms with Gasteiger partial charge < -0.3 is 29.5 Å². The number of rotatable bonds is 15. The van der Waals surface area contributed by atoms with Crippen molar-refractivity contribution in [1.29, 1.82) is 0 Å². The summed E-state index contributed by atoms with van der Waals surface area (Å²) in [7, 11) is 0. The maximum absolute atomic E-state index is 9.56. The van der Waals surface area contributed by atoms with E-state index in [0.29, 0.717) is 39.1 Å². The van der Waals surface area contributed by atoms with Crippen LogP contribution in [-0.2, 0) is 14.2 Å². The smallest absolute Gasteiger partial charge is 0.0771 e. The molecular formula is C17H36O6. The fraction of sp³-hybridized carbons (Fsp3) is 1.00. The Labute approximate surface area is 140 Å². The molecule has 3 unspecified atom stereocenters. The summed E-state index contributed by atoms with van der Waals surface area (Å²) in [6.45, 7) is 9.66. The molecule has 3 N–H and O–H groups in total. The van der Waals surface area contributed by atoms with Crippen LogP contribution in [0, 0.1) is 5.41 Å². The second-order valence-corrected chi connectivity index (χ2v) is 6.54. The van der Waals surface area contributed by atoms with Crippen LogP contribution in [0.15, 0.2) is 0 Å². The van der Waals surface area contributed by atoms with Crippen LogP contribution in [0.1, 0.15) is 47.0 Å². The molecule has 0 aromatic carbocycles. The van der Waals surface area contributed by atoms with E-state index in [2.05, 4.69) is 0 Å². The first-order valence-corrected chi connectivity index (χ1v) is 8.64. The van der Waals surface area contributed by atoms with Crippen molar-refractivity contribution >= 4 is 0 Å². The van der Waals surface area contributed by atoms with Crippen molar-refractivity contribution in [3.63, 3.8) is 0 Å². The molecule has 0 aliphatic carbocycles. The highest BCUT2D eigenvalue weighted by Gasteiger charge is 2.27.